The molecule has 0 spiro atoms. The van der Waals surface area contributed by atoms with Gasteiger partial charge in [0, 0.05) is 18.1 Å². The van der Waals surface area contributed by atoms with Crippen LogP contribution in [0.15, 0.2) is 30.3 Å². The normalized spacial score (nSPS) is 34.7. The second kappa shape index (κ2) is 5.84. The standard InChI is InChI=1S/C17H26N2O/c1-18-17(13-20)9-7-16(11-17)19-10-8-15(12-19)14-5-3-2-4-6-14/h2-6,15-16,18,20H,7-13H2,1H3. The molecule has 1 aliphatic heterocycles. The van der Waals surface area contributed by atoms with E-state index in [9.17, 15) is 5.11 Å². The van der Waals surface area contributed by atoms with Crippen molar-refractivity contribution < 1.29 is 5.11 Å². The summed E-state index contributed by atoms with van der Waals surface area (Å²) in [6, 6.07) is 11.5. The molecule has 2 N–H and O–H groups in total. The summed E-state index contributed by atoms with van der Waals surface area (Å²) in [5.41, 5.74) is 1.45. The number of likely N-dealkylation sites (tertiary alicyclic amines) is 1. The summed E-state index contributed by atoms with van der Waals surface area (Å²) >= 11 is 0. The molecule has 3 rings (SSSR count). The van der Waals surface area contributed by atoms with Crippen LogP contribution >= 0.6 is 0 Å². The Kier molecular flexibility index (Phi) is 4.11. The van der Waals surface area contributed by atoms with Gasteiger partial charge in [0.25, 0.3) is 0 Å². The zero-order chi connectivity index (χ0) is 14.0. The van der Waals surface area contributed by atoms with Crippen molar-refractivity contribution in [3.63, 3.8) is 0 Å². The molecule has 1 saturated carbocycles. The molecule has 1 saturated heterocycles. The summed E-state index contributed by atoms with van der Waals surface area (Å²) in [7, 11) is 1.98. The number of nitrogens with zero attached hydrogens (tertiary/aromatic N) is 1. The van der Waals surface area contributed by atoms with Crippen LogP contribution in [0.1, 0.15) is 37.2 Å². The molecule has 1 aromatic carbocycles. The number of hydrogen-bond acceptors (Lipinski definition) is 3. The minimum atomic E-state index is -0.0322. The highest BCUT2D eigenvalue weighted by Crippen LogP contribution is 2.37. The number of hydrogen-bond donors (Lipinski definition) is 2. The van der Waals surface area contributed by atoms with Crippen LogP contribution in [-0.2, 0) is 0 Å². The van der Waals surface area contributed by atoms with Gasteiger partial charge in [-0.1, -0.05) is 30.3 Å². The van der Waals surface area contributed by atoms with E-state index in [0.29, 0.717) is 12.0 Å². The summed E-state index contributed by atoms with van der Waals surface area (Å²) in [6.45, 7) is 2.64. The van der Waals surface area contributed by atoms with E-state index in [0.717, 1.165) is 12.8 Å². The van der Waals surface area contributed by atoms with E-state index in [1.165, 1.54) is 31.5 Å². The number of nitrogens with one attached hydrogen (secondary N) is 1. The molecular weight excluding hydrogens is 248 g/mol. The van der Waals surface area contributed by atoms with Crippen LogP contribution in [-0.4, -0.2) is 48.3 Å². The highest BCUT2D eigenvalue weighted by Gasteiger charge is 2.41. The number of rotatable bonds is 4. The van der Waals surface area contributed by atoms with Crippen LogP contribution in [0.2, 0.25) is 0 Å². The van der Waals surface area contributed by atoms with Crippen molar-refractivity contribution in [2.75, 3.05) is 26.7 Å². The van der Waals surface area contributed by atoms with Gasteiger partial charge in [-0.25, -0.2) is 0 Å². The predicted molar refractivity (Wildman–Crippen MR) is 81.9 cm³/mol. The molecule has 0 aromatic heterocycles. The zero-order valence-corrected chi connectivity index (χ0v) is 12.4. The molecule has 0 bridgehead atoms. The van der Waals surface area contributed by atoms with Gasteiger partial charge < -0.3 is 10.4 Å². The summed E-state index contributed by atoms with van der Waals surface area (Å²) in [5.74, 6) is 0.690. The van der Waals surface area contributed by atoms with Gasteiger partial charge in [-0.2, -0.15) is 0 Å². The largest absolute Gasteiger partial charge is 0.394 e. The smallest absolute Gasteiger partial charge is 0.0613 e. The van der Waals surface area contributed by atoms with Crippen LogP contribution in [0, 0.1) is 0 Å². The second-order valence-electron chi connectivity index (χ2n) is 6.48. The third-order valence-corrected chi connectivity index (χ3v) is 5.42. The van der Waals surface area contributed by atoms with Crippen molar-refractivity contribution in [2.24, 2.45) is 0 Å². The van der Waals surface area contributed by atoms with Crippen molar-refractivity contribution in [1.82, 2.24) is 10.2 Å². The molecule has 3 heteroatoms. The highest BCUT2D eigenvalue weighted by molar-refractivity contribution is 5.21. The molecular formula is C17H26N2O. The van der Waals surface area contributed by atoms with Crippen molar-refractivity contribution in [2.45, 2.75) is 43.2 Å². The Balaban J connectivity index is 1.61. The van der Waals surface area contributed by atoms with Gasteiger partial charge in [-0.15, -0.1) is 0 Å². The minimum absolute atomic E-state index is 0.0322. The van der Waals surface area contributed by atoms with Crippen molar-refractivity contribution in [3.8, 4) is 0 Å². The lowest BCUT2D eigenvalue weighted by Gasteiger charge is -2.29. The van der Waals surface area contributed by atoms with E-state index >= 15 is 0 Å². The molecule has 3 unspecified atom stereocenters. The monoisotopic (exact) mass is 274 g/mol. The van der Waals surface area contributed by atoms with Crippen molar-refractivity contribution in [1.29, 1.82) is 0 Å². The molecule has 2 aliphatic rings. The number of benzene rings is 1. The van der Waals surface area contributed by atoms with Crippen LogP contribution in [0.3, 0.4) is 0 Å². The fourth-order valence-electron chi connectivity index (χ4n) is 3.98. The number of likely N-dealkylation sites (N-methyl/N-ethyl adjacent to an activating group) is 1. The molecule has 20 heavy (non-hydrogen) atoms. The first-order chi connectivity index (χ1) is 9.76. The molecule has 0 radical (unpaired) electrons. The van der Waals surface area contributed by atoms with Gasteiger partial charge in [0.1, 0.15) is 0 Å². The predicted octanol–water partition coefficient (Wildman–Crippen LogP) is 1.98. The van der Waals surface area contributed by atoms with E-state index in [-0.39, 0.29) is 12.1 Å². The van der Waals surface area contributed by atoms with Crippen LogP contribution in [0.4, 0.5) is 0 Å². The van der Waals surface area contributed by atoms with Crippen LogP contribution in [0.25, 0.3) is 0 Å². The molecule has 3 atom stereocenters. The Bertz CT molecular complexity index is 430. The van der Waals surface area contributed by atoms with Gasteiger partial charge in [-0.3, -0.25) is 4.90 Å². The van der Waals surface area contributed by atoms with E-state index in [1.807, 2.05) is 7.05 Å². The Morgan fingerprint density at radius 2 is 2.10 bits per heavy atom. The third kappa shape index (κ3) is 2.62. The summed E-state index contributed by atoms with van der Waals surface area (Å²) in [6.07, 6.45) is 4.66. The highest BCUT2D eigenvalue weighted by atomic mass is 16.3. The fourth-order valence-corrected chi connectivity index (χ4v) is 3.98. The van der Waals surface area contributed by atoms with Crippen molar-refractivity contribution in [3.05, 3.63) is 35.9 Å². The van der Waals surface area contributed by atoms with E-state index in [1.54, 1.807) is 0 Å². The SMILES string of the molecule is CNC1(CO)CCC(N2CCC(c3ccccc3)C2)C1. The zero-order valence-electron chi connectivity index (χ0n) is 12.4. The Morgan fingerprint density at radius 1 is 1.30 bits per heavy atom. The van der Waals surface area contributed by atoms with Gasteiger partial charge >= 0.3 is 0 Å². The first-order valence-electron chi connectivity index (χ1n) is 7.85. The minimum Gasteiger partial charge on any atom is -0.394 e. The first kappa shape index (κ1) is 14.1. The fraction of sp³-hybridized carbons (Fsp3) is 0.647. The van der Waals surface area contributed by atoms with Gasteiger partial charge in [0.15, 0.2) is 0 Å². The summed E-state index contributed by atoms with van der Waals surface area (Å²) < 4.78 is 0. The average molecular weight is 274 g/mol. The third-order valence-electron chi connectivity index (χ3n) is 5.42. The molecule has 1 heterocycles. The maximum atomic E-state index is 9.63. The molecule has 2 fully saturated rings. The van der Waals surface area contributed by atoms with Crippen LogP contribution in [0.5, 0.6) is 0 Å². The summed E-state index contributed by atoms with van der Waals surface area (Å²) in [4.78, 5) is 2.65. The topological polar surface area (TPSA) is 35.5 Å². The van der Waals surface area contributed by atoms with Gasteiger partial charge in [0.05, 0.1) is 6.61 Å². The molecule has 3 nitrogen and oxygen atoms in total. The van der Waals surface area contributed by atoms with Gasteiger partial charge in [0.2, 0.25) is 0 Å². The van der Waals surface area contributed by atoms with E-state index in [4.69, 9.17) is 0 Å². The summed E-state index contributed by atoms with van der Waals surface area (Å²) in [5, 5.41) is 13.0. The van der Waals surface area contributed by atoms with Crippen molar-refractivity contribution >= 4 is 0 Å². The quantitative estimate of drug-likeness (QED) is 0.881. The van der Waals surface area contributed by atoms with E-state index < -0.39 is 0 Å². The lowest BCUT2D eigenvalue weighted by atomic mass is 9.98. The Hall–Kier alpha value is -0.900. The average Bonchev–Trinajstić information content (AvgIpc) is 3.15. The van der Waals surface area contributed by atoms with Gasteiger partial charge in [-0.05, 0) is 50.8 Å². The number of aliphatic hydroxyl groups is 1. The molecule has 110 valence electrons. The molecule has 0 amide bonds. The molecule has 1 aromatic rings. The van der Waals surface area contributed by atoms with E-state index in [2.05, 4.69) is 40.5 Å². The Labute approximate surface area is 122 Å². The number of aliphatic hydroxyl groups excluding tert-OH is 1. The molecule has 1 aliphatic carbocycles. The lowest BCUT2D eigenvalue weighted by molar-refractivity contribution is 0.157. The second-order valence-corrected chi connectivity index (χ2v) is 6.48. The Morgan fingerprint density at radius 3 is 2.75 bits per heavy atom. The maximum Gasteiger partial charge on any atom is 0.0613 e. The lowest BCUT2D eigenvalue weighted by Crippen LogP contribution is -2.45. The maximum absolute atomic E-state index is 9.63. The first-order valence-corrected chi connectivity index (χ1v) is 7.85. The van der Waals surface area contributed by atoms with Crippen LogP contribution < -0.4 is 5.32 Å².